The topological polar surface area (TPSA) is 116 Å². The summed E-state index contributed by atoms with van der Waals surface area (Å²) in [5, 5.41) is 13.7. The van der Waals surface area contributed by atoms with Gasteiger partial charge in [0.15, 0.2) is 11.6 Å². The number of aromatic carboxylic acids is 1. The molecule has 0 aliphatic rings. The smallest absolute Gasteiger partial charge is 1.00 e. The molecule has 0 aliphatic heterocycles. The molecule has 0 bridgehead atoms. The van der Waals surface area contributed by atoms with Gasteiger partial charge in [0.1, 0.15) is 0 Å². The van der Waals surface area contributed by atoms with Crippen LogP contribution in [0.2, 0.25) is 0 Å². The molecule has 182 valence electrons. The van der Waals surface area contributed by atoms with E-state index in [1.54, 1.807) is 22.8 Å². The van der Waals surface area contributed by atoms with Gasteiger partial charge in [0.2, 0.25) is 5.95 Å². The molecule has 8 nitrogen and oxygen atoms in total. The molecule has 0 atom stereocenters. The summed E-state index contributed by atoms with van der Waals surface area (Å²) in [6.45, 7) is 0.357. The number of imidazole rings is 1. The molecule has 5 rings (SSSR count). The first-order valence-corrected chi connectivity index (χ1v) is 10.9. The fourth-order valence-corrected chi connectivity index (χ4v) is 4.01. The number of fused-ring (bicyclic) bond motifs is 1. The van der Waals surface area contributed by atoms with Crippen molar-refractivity contribution >= 4 is 23.0 Å². The van der Waals surface area contributed by atoms with Crippen molar-refractivity contribution in [2.24, 2.45) is 0 Å². The first-order chi connectivity index (χ1) is 17.3. The fourth-order valence-electron chi connectivity index (χ4n) is 4.01. The Morgan fingerprint density at radius 1 is 0.946 bits per heavy atom. The second-order valence-electron chi connectivity index (χ2n) is 8.23. The van der Waals surface area contributed by atoms with Crippen LogP contribution >= 0.6 is 0 Å². The molecule has 0 spiro atoms. The van der Waals surface area contributed by atoms with Crippen molar-refractivity contribution in [2.75, 3.05) is 5.73 Å². The minimum absolute atomic E-state index is 0. The molecule has 0 unspecified atom stereocenters. The molecule has 0 saturated carbocycles. The largest absolute Gasteiger partial charge is 1.00 e. The van der Waals surface area contributed by atoms with Gasteiger partial charge in [-0.15, -0.1) is 0 Å². The van der Waals surface area contributed by atoms with E-state index in [1.807, 2.05) is 24.3 Å². The van der Waals surface area contributed by atoms with Crippen LogP contribution in [0.15, 0.2) is 77.6 Å². The van der Waals surface area contributed by atoms with Gasteiger partial charge in [-0.25, -0.2) is 23.2 Å². The van der Waals surface area contributed by atoms with E-state index in [0.717, 1.165) is 23.3 Å². The van der Waals surface area contributed by atoms with E-state index in [2.05, 4.69) is 10.1 Å². The summed E-state index contributed by atoms with van der Waals surface area (Å²) in [6, 6.07) is 18.7. The predicted molar refractivity (Wildman–Crippen MR) is 131 cm³/mol. The van der Waals surface area contributed by atoms with Crippen molar-refractivity contribution in [1.29, 1.82) is 0 Å². The molecule has 0 saturated heterocycles. The number of carboxylic acids is 1. The van der Waals surface area contributed by atoms with Gasteiger partial charge in [0.25, 0.3) is 5.56 Å². The minimum Gasteiger partial charge on any atom is -1.00 e. The third-order valence-corrected chi connectivity index (χ3v) is 5.76. The van der Waals surface area contributed by atoms with Crippen molar-refractivity contribution in [2.45, 2.75) is 13.1 Å². The maximum Gasteiger partial charge on any atom is 1.00 e. The van der Waals surface area contributed by atoms with Crippen LogP contribution in [0, 0.1) is 11.6 Å². The van der Waals surface area contributed by atoms with Crippen molar-refractivity contribution in [1.82, 2.24) is 19.3 Å². The van der Waals surface area contributed by atoms with Gasteiger partial charge >= 0.3 is 24.8 Å². The average molecular weight is 495 g/mol. The number of carboxylic acid groups (broad SMARTS) is 1. The van der Waals surface area contributed by atoms with Crippen molar-refractivity contribution < 1.29 is 39.0 Å². The summed E-state index contributed by atoms with van der Waals surface area (Å²) >= 11 is 0. The third-order valence-electron chi connectivity index (χ3n) is 5.76. The Balaban J connectivity index is 0.00000200. The maximum absolute atomic E-state index is 13.8. The number of anilines is 1. The number of hydrogen-bond donors (Lipinski definition) is 2. The van der Waals surface area contributed by atoms with Gasteiger partial charge in [-0.05, 0) is 35.4 Å². The number of rotatable bonds is 6. The monoisotopic (exact) mass is 495 g/mol. The molecule has 37 heavy (non-hydrogen) atoms. The van der Waals surface area contributed by atoms with E-state index in [1.165, 1.54) is 22.9 Å². The molecule has 0 fully saturated rings. The van der Waals surface area contributed by atoms with Gasteiger partial charge in [0, 0.05) is 23.8 Å². The number of carbonyl (C=O) groups is 1. The summed E-state index contributed by atoms with van der Waals surface area (Å²) in [6.07, 6.45) is 0. The number of hydrogen-bond acceptors (Lipinski definition) is 5. The van der Waals surface area contributed by atoms with Crippen LogP contribution in [0.5, 0.6) is 0 Å². The standard InChI is InChI=1S/C26H19F2N5O3.Li.H/c27-19-11-22-23(12-20(19)28)32(26(29)30-22)13-15-3-1-5-17(9-15)21-7-8-24(34)33(31-21)14-16-4-2-6-18(10-16)25(35)36;;/h1-12H,13-14H2,(H2,29,30)(H,35,36);;/q;+1;-1. The van der Waals surface area contributed by atoms with Gasteiger partial charge in [0.05, 0.1) is 35.4 Å². The zero-order valence-electron chi connectivity index (χ0n) is 20.7. The molecular weight excluding hydrogens is 475 g/mol. The summed E-state index contributed by atoms with van der Waals surface area (Å²) in [4.78, 5) is 27.8. The van der Waals surface area contributed by atoms with Crippen LogP contribution in [-0.4, -0.2) is 30.4 Å². The van der Waals surface area contributed by atoms with Crippen molar-refractivity contribution in [3.63, 3.8) is 0 Å². The Morgan fingerprint density at radius 3 is 2.41 bits per heavy atom. The molecule has 5 aromatic rings. The van der Waals surface area contributed by atoms with Crippen LogP contribution in [0.3, 0.4) is 0 Å². The summed E-state index contributed by atoms with van der Waals surface area (Å²) in [7, 11) is 0. The number of nitrogens with two attached hydrogens (primary N) is 1. The van der Waals surface area contributed by atoms with Gasteiger partial charge < -0.3 is 16.8 Å². The van der Waals surface area contributed by atoms with Gasteiger partial charge in [-0.2, -0.15) is 5.10 Å². The molecule has 0 radical (unpaired) electrons. The quantitative estimate of drug-likeness (QED) is 0.340. The van der Waals surface area contributed by atoms with E-state index in [-0.39, 0.29) is 56.0 Å². The zero-order valence-corrected chi connectivity index (χ0v) is 19.7. The SMILES string of the molecule is Nc1nc2cc(F)c(F)cc2n1Cc1cccc(-c2ccc(=O)n(Cc3cccc(C(=O)O)c3)n2)c1.[H-].[Li+]. The van der Waals surface area contributed by atoms with Crippen LogP contribution in [0.1, 0.15) is 22.9 Å². The predicted octanol–water partition coefficient (Wildman–Crippen LogP) is 1.03. The summed E-state index contributed by atoms with van der Waals surface area (Å²) in [5.41, 5.74) is 9.10. The van der Waals surface area contributed by atoms with E-state index in [9.17, 15) is 23.5 Å². The number of halogens is 2. The Bertz CT molecular complexity index is 1710. The fraction of sp³-hybridized carbons (Fsp3) is 0.0769. The molecule has 0 amide bonds. The Labute approximate surface area is 222 Å². The normalized spacial score (nSPS) is 10.9. The third kappa shape index (κ3) is 5.30. The minimum atomic E-state index is -1.05. The van der Waals surface area contributed by atoms with E-state index in [4.69, 9.17) is 5.73 Å². The Kier molecular flexibility index (Phi) is 7.25. The van der Waals surface area contributed by atoms with Crippen LogP contribution < -0.4 is 30.2 Å². The molecule has 0 aliphatic carbocycles. The van der Waals surface area contributed by atoms with E-state index >= 15 is 0 Å². The van der Waals surface area contributed by atoms with E-state index in [0.29, 0.717) is 16.8 Å². The molecule has 3 aromatic carbocycles. The maximum atomic E-state index is 13.8. The van der Waals surface area contributed by atoms with Crippen LogP contribution in [0.4, 0.5) is 14.7 Å². The second-order valence-corrected chi connectivity index (χ2v) is 8.23. The second kappa shape index (κ2) is 10.4. The van der Waals surface area contributed by atoms with Crippen molar-refractivity contribution in [3.05, 3.63) is 111 Å². The zero-order chi connectivity index (χ0) is 25.4. The van der Waals surface area contributed by atoms with Gasteiger partial charge in [-0.3, -0.25) is 4.79 Å². The molecule has 11 heteroatoms. The Hall–Kier alpha value is -4.26. The van der Waals surface area contributed by atoms with Gasteiger partial charge in [-0.1, -0.05) is 30.3 Å². The average Bonchev–Trinajstić information content (AvgIpc) is 3.15. The molecule has 2 heterocycles. The Morgan fingerprint density at radius 2 is 1.65 bits per heavy atom. The molecule has 3 N–H and O–H groups in total. The van der Waals surface area contributed by atoms with E-state index < -0.39 is 17.6 Å². The van der Waals surface area contributed by atoms with Crippen molar-refractivity contribution in [3.8, 4) is 11.3 Å². The first kappa shape index (κ1) is 25.8. The van der Waals surface area contributed by atoms with Crippen LogP contribution in [0.25, 0.3) is 22.3 Å². The summed E-state index contributed by atoms with van der Waals surface area (Å²) < 4.78 is 30.3. The number of benzene rings is 3. The molecular formula is C26H20F2LiN5O3. The summed E-state index contributed by atoms with van der Waals surface area (Å²) in [5.74, 6) is -2.92. The first-order valence-electron chi connectivity index (χ1n) is 10.9. The number of aromatic nitrogens is 4. The number of nitrogen functional groups attached to an aromatic ring is 1. The van der Waals surface area contributed by atoms with Crippen LogP contribution in [-0.2, 0) is 13.1 Å². The molecule has 2 aromatic heterocycles. The number of nitrogens with zero attached hydrogens (tertiary/aromatic N) is 4.